The molecule has 0 aliphatic rings. The molecule has 2 aromatic rings. The minimum Gasteiger partial charge on any atom is -0.363 e. The maximum absolute atomic E-state index is 4.40. The first kappa shape index (κ1) is 17.2. The van der Waals surface area contributed by atoms with Crippen LogP contribution in [-0.4, -0.2) is 37.1 Å². The number of thiazole rings is 1. The number of rotatable bonds is 6. The average molecular weight is 332 g/mol. The Hall–Kier alpha value is -2.15. The lowest BCUT2D eigenvalue weighted by atomic mass is 10.2. The van der Waals surface area contributed by atoms with Crippen molar-refractivity contribution in [2.45, 2.75) is 26.4 Å². The second-order valence-corrected chi connectivity index (χ2v) is 6.47. The number of nitrogens with one attached hydrogen (secondary N) is 2. The molecule has 0 amide bonds. The highest BCUT2D eigenvalue weighted by atomic mass is 32.1. The molecule has 23 heavy (non-hydrogen) atoms. The molecule has 7 heteroatoms. The van der Waals surface area contributed by atoms with E-state index in [4.69, 9.17) is 0 Å². The molecule has 124 valence electrons. The first-order chi connectivity index (χ1) is 11.1. The van der Waals surface area contributed by atoms with Crippen molar-refractivity contribution in [3.05, 3.63) is 40.0 Å². The quantitative estimate of drug-likeness (QED) is 0.626. The standard InChI is InChI=1S/C16H24N6S/c1-5-13-10-19-15(23-13)11-21-16(17-2)20-9-12-6-7-18-14(8-12)22(3)4/h6-8,10H,5,9,11H2,1-4H3,(H2,17,20,21). The highest BCUT2D eigenvalue weighted by Crippen LogP contribution is 2.13. The molecule has 2 aromatic heterocycles. The Morgan fingerprint density at radius 2 is 2.04 bits per heavy atom. The Morgan fingerprint density at radius 3 is 2.70 bits per heavy atom. The van der Waals surface area contributed by atoms with Crippen LogP contribution in [0.5, 0.6) is 0 Å². The zero-order valence-electron chi connectivity index (χ0n) is 14.1. The van der Waals surface area contributed by atoms with Crippen molar-refractivity contribution in [3.63, 3.8) is 0 Å². The van der Waals surface area contributed by atoms with E-state index >= 15 is 0 Å². The molecule has 2 N–H and O–H groups in total. The summed E-state index contributed by atoms with van der Waals surface area (Å²) < 4.78 is 0. The molecule has 6 nitrogen and oxygen atoms in total. The number of aromatic nitrogens is 2. The number of aryl methyl sites for hydroxylation is 1. The Morgan fingerprint density at radius 1 is 1.26 bits per heavy atom. The van der Waals surface area contributed by atoms with Gasteiger partial charge in [0, 0.05) is 45.0 Å². The highest BCUT2D eigenvalue weighted by Gasteiger charge is 2.04. The summed E-state index contributed by atoms with van der Waals surface area (Å²) in [6.07, 6.45) is 4.79. The average Bonchev–Trinajstić information content (AvgIpc) is 3.03. The number of pyridine rings is 1. The molecule has 0 aliphatic carbocycles. The third-order valence-corrected chi connectivity index (χ3v) is 4.45. The lowest BCUT2D eigenvalue weighted by molar-refractivity contribution is 0.803. The first-order valence-electron chi connectivity index (χ1n) is 7.62. The van der Waals surface area contributed by atoms with Crippen LogP contribution in [0, 0.1) is 0 Å². The van der Waals surface area contributed by atoms with Crippen molar-refractivity contribution in [1.29, 1.82) is 0 Å². The van der Waals surface area contributed by atoms with Crippen LogP contribution in [0.15, 0.2) is 29.5 Å². The van der Waals surface area contributed by atoms with Crippen molar-refractivity contribution in [1.82, 2.24) is 20.6 Å². The zero-order chi connectivity index (χ0) is 16.7. The summed E-state index contributed by atoms with van der Waals surface area (Å²) in [4.78, 5) is 16.3. The summed E-state index contributed by atoms with van der Waals surface area (Å²) in [6.45, 7) is 3.52. The molecule has 2 heterocycles. The van der Waals surface area contributed by atoms with Crippen molar-refractivity contribution >= 4 is 23.1 Å². The molecular weight excluding hydrogens is 308 g/mol. The van der Waals surface area contributed by atoms with Gasteiger partial charge in [-0.25, -0.2) is 9.97 Å². The second kappa shape index (κ2) is 8.47. The Balaban J connectivity index is 1.86. The van der Waals surface area contributed by atoms with Gasteiger partial charge in [-0.05, 0) is 24.1 Å². The van der Waals surface area contributed by atoms with Crippen molar-refractivity contribution in [2.75, 3.05) is 26.0 Å². The maximum atomic E-state index is 4.40. The van der Waals surface area contributed by atoms with Crippen molar-refractivity contribution in [3.8, 4) is 0 Å². The third kappa shape index (κ3) is 5.21. The van der Waals surface area contributed by atoms with E-state index in [9.17, 15) is 0 Å². The first-order valence-corrected chi connectivity index (χ1v) is 8.44. The highest BCUT2D eigenvalue weighted by molar-refractivity contribution is 7.11. The molecule has 0 saturated carbocycles. The van der Waals surface area contributed by atoms with Gasteiger partial charge in [-0.3, -0.25) is 4.99 Å². The monoisotopic (exact) mass is 332 g/mol. The van der Waals surface area contributed by atoms with E-state index in [0.29, 0.717) is 13.1 Å². The minimum absolute atomic E-state index is 0.684. The summed E-state index contributed by atoms with van der Waals surface area (Å²) in [5, 5.41) is 7.68. The molecule has 0 aromatic carbocycles. The molecule has 0 saturated heterocycles. The summed E-state index contributed by atoms with van der Waals surface area (Å²) >= 11 is 1.73. The van der Waals surface area contributed by atoms with Crippen LogP contribution >= 0.6 is 11.3 Å². The van der Waals surface area contributed by atoms with Crippen LogP contribution < -0.4 is 15.5 Å². The van der Waals surface area contributed by atoms with Crippen LogP contribution in [0.25, 0.3) is 0 Å². The SMILES string of the molecule is CCc1cnc(CNC(=NC)NCc2ccnc(N(C)C)c2)s1. The lowest BCUT2D eigenvalue weighted by Gasteiger charge is -2.14. The summed E-state index contributed by atoms with van der Waals surface area (Å²) in [6, 6.07) is 4.07. The minimum atomic E-state index is 0.684. The number of aliphatic imine (C=N–C) groups is 1. The molecule has 0 radical (unpaired) electrons. The van der Waals surface area contributed by atoms with Crippen molar-refractivity contribution < 1.29 is 0 Å². The Kier molecular flexibility index (Phi) is 6.34. The van der Waals surface area contributed by atoms with Gasteiger partial charge in [-0.15, -0.1) is 11.3 Å². The lowest BCUT2D eigenvalue weighted by Crippen LogP contribution is -2.36. The molecule has 0 atom stereocenters. The van der Waals surface area contributed by atoms with Crippen LogP contribution in [0.2, 0.25) is 0 Å². The topological polar surface area (TPSA) is 65.4 Å². The fraction of sp³-hybridized carbons (Fsp3) is 0.438. The van der Waals surface area contributed by atoms with Gasteiger partial charge in [0.1, 0.15) is 10.8 Å². The van der Waals surface area contributed by atoms with Gasteiger partial charge in [0.05, 0.1) is 6.54 Å². The van der Waals surface area contributed by atoms with E-state index in [2.05, 4.69) is 38.6 Å². The van der Waals surface area contributed by atoms with E-state index in [1.54, 1.807) is 18.4 Å². The van der Waals surface area contributed by atoms with Gasteiger partial charge in [0.15, 0.2) is 5.96 Å². The van der Waals surface area contributed by atoms with E-state index in [0.717, 1.165) is 28.8 Å². The van der Waals surface area contributed by atoms with Gasteiger partial charge in [0.25, 0.3) is 0 Å². The predicted molar refractivity (Wildman–Crippen MR) is 97.1 cm³/mol. The van der Waals surface area contributed by atoms with Crippen LogP contribution in [-0.2, 0) is 19.5 Å². The van der Waals surface area contributed by atoms with Crippen LogP contribution in [0.1, 0.15) is 22.4 Å². The van der Waals surface area contributed by atoms with Crippen LogP contribution in [0.3, 0.4) is 0 Å². The van der Waals surface area contributed by atoms with E-state index in [-0.39, 0.29) is 0 Å². The largest absolute Gasteiger partial charge is 0.363 e. The molecule has 0 fully saturated rings. The summed E-state index contributed by atoms with van der Waals surface area (Å²) in [5.41, 5.74) is 1.16. The van der Waals surface area contributed by atoms with Crippen LogP contribution in [0.4, 0.5) is 5.82 Å². The fourth-order valence-corrected chi connectivity index (χ4v) is 2.78. The molecule has 0 aliphatic heterocycles. The fourth-order valence-electron chi connectivity index (χ4n) is 1.97. The Bertz CT molecular complexity index is 650. The van der Waals surface area contributed by atoms with Gasteiger partial charge in [-0.2, -0.15) is 0 Å². The third-order valence-electron chi connectivity index (χ3n) is 3.31. The summed E-state index contributed by atoms with van der Waals surface area (Å²) in [5.74, 6) is 1.71. The van der Waals surface area contributed by atoms with Gasteiger partial charge in [0.2, 0.25) is 0 Å². The maximum Gasteiger partial charge on any atom is 0.191 e. The number of anilines is 1. The molecular formula is C16H24N6S. The predicted octanol–water partition coefficient (Wildman–Crippen LogP) is 2.03. The smallest absolute Gasteiger partial charge is 0.191 e. The second-order valence-electron chi connectivity index (χ2n) is 5.27. The zero-order valence-corrected chi connectivity index (χ0v) is 14.9. The van der Waals surface area contributed by atoms with Gasteiger partial charge >= 0.3 is 0 Å². The summed E-state index contributed by atoms with van der Waals surface area (Å²) in [7, 11) is 5.74. The molecule has 0 unspecified atom stereocenters. The van der Waals surface area contributed by atoms with E-state index < -0.39 is 0 Å². The molecule has 0 spiro atoms. The van der Waals surface area contributed by atoms with Gasteiger partial charge < -0.3 is 15.5 Å². The number of hydrogen-bond acceptors (Lipinski definition) is 5. The van der Waals surface area contributed by atoms with E-state index in [1.165, 1.54) is 4.88 Å². The van der Waals surface area contributed by atoms with Gasteiger partial charge in [-0.1, -0.05) is 6.92 Å². The van der Waals surface area contributed by atoms with Crippen molar-refractivity contribution in [2.24, 2.45) is 4.99 Å². The number of hydrogen-bond donors (Lipinski definition) is 2. The number of guanidine groups is 1. The van der Waals surface area contributed by atoms with E-state index in [1.807, 2.05) is 37.5 Å². The molecule has 0 bridgehead atoms. The normalized spacial score (nSPS) is 11.4. The Labute approximate surface area is 141 Å². The number of nitrogens with zero attached hydrogens (tertiary/aromatic N) is 4. The molecule has 2 rings (SSSR count).